The number of hydrogen-bond acceptors (Lipinski definition) is 2. The van der Waals surface area contributed by atoms with Crippen LogP contribution in [0.4, 0.5) is 5.69 Å². The van der Waals surface area contributed by atoms with Gasteiger partial charge in [0.05, 0.1) is 5.54 Å². The van der Waals surface area contributed by atoms with Gasteiger partial charge >= 0.3 is 0 Å². The van der Waals surface area contributed by atoms with Crippen LogP contribution in [0.5, 0.6) is 0 Å². The highest BCUT2D eigenvalue weighted by molar-refractivity contribution is 5.91. The van der Waals surface area contributed by atoms with E-state index in [2.05, 4.69) is 43.1 Å². The predicted octanol–water partition coefficient (Wildman–Crippen LogP) is 2.49. The number of nitrogens with one attached hydrogen (secondary N) is 1. The molecule has 1 aliphatic heterocycles. The summed E-state index contributed by atoms with van der Waals surface area (Å²) in [6, 6.07) is 8.23. The summed E-state index contributed by atoms with van der Waals surface area (Å²) in [5, 5.41) is 3.08. The molecule has 3 nitrogen and oxygen atoms in total. The molecule has 3 heteroatoms. The summed E-state index contributed by atoms with van der Waals surface area (Å²) in [4.78, 5) is 14.5. The van der Waals surface area contributed by atoms with E-state index in [0.29, 0.717) is 0 Å². The van der Waals surface area contributed by atoms with Crippen molar-refractivity contribution in [1.82, 2.24) is 5.32 Å². The zero-order valence-corrected chi connectivity index (χ0v) is 11.9. The van der Waals surface area contributed by atoms with Crippen molar-refractivity contribution in [3.05, 3.63) is 29.8 Å². The zero-order chi connectivity index (χ0) is 13.6. The number of anilines is 1. The molecule has 1 aromatic carbocycles. The van der Waals surface area contributed by atoms with Crippen LogP contribution in [0.2, 0.25) is 0 Å². The maximum absolute atomic E-state index is 12.3. The lowest BCUT2D eigenvalue weighted by Crippen LogP contribution is -2.69. The van der Waals surface area contributed by atoms with Crippen LogP contribution in [0.15, 0.2) is 24.3 Å². The van der Waals surface area contributed by atoms with Crippen molar-refractivity contribution >= 4 is 11.6 Å². The molecule has 2 rings (SSSR count). The molecule has 0 bridgehead atoms. The van der Waals surface area contributed by atoms with Crippen LogP contribution in [0.1, 0.15) is 33.3 Å². The van der Waals surface area contributed by atoms with Gasteiger partial charge in [0.15, 0.2) is 0 Å². The predicted molar refractivity (Wildman–Crippen MR) is 74.8 cm³/mol. The minimum Gasteiger partial charge on any atom is -0.355 e. The third-order valence-corrected chi connectivity index (χ3v) is 3.64. The first-order valence-corrected chi connectivity index (χ1v) is 6.40. The third-order valence-electron chi connectivity index (χ3n) is 3.64. The number of para-hydroxylation sites is 1. The van der Waals surface area contributed by atoms with Crippen LogP contribution in [-0.4, -0.2) is 23.5 Å². The van der Waals surface area contributed by atoms with E-state index < -0.39 is 5.54 Å². The van der Waals surface area contributed by atoms with Crippen molar-refractivity contribution in [3.8, 4) is 0 Å². The molecule has 1 heterocycles. The van der Waals surface area contributed by atoms with Gasteiger partial charge in [-0.2, -0.15) is 0 Å². The molecule has 0 aromatic heterocycles. The summed E-state index contributed by atoms with van der Waals surface area (Å²) in [6.07, 6.45) is 0. The second kappa shape index (κ2) is 4.01. The van der Waals surface area contributed by atoms with Gasteiger partial charge in [0, 0.05) is 12.2 Å². The Bertz CT molecular complexity index is 477. The first-order chi connectivity index (χ1) is 8.24. The number of piperazine rings is 1. The molecule has 0 aliphatic carbocycles. The summed E-state index contributed by atoms with van der Waals surface area (Å²) in [5.74, 6) is 0.0852. The van der Waals surface area contributed by atoms with E-state index in [1.807, 2.05) is 26.0 Å². The second-order valence-electron chi connectivity index (χ2n) is 6.27. The zero-order valence-electron chi connectivity index (χ0n) is 11.9. The number of benzene rings is 1. The van der Waals surface area contributed by atoms with Crippen molar-refractivity contribution < 1.29 is 4.79 Å². The monoisotopic (exact) mass is 246 g/mol. The molecular weight excluding hydrogens is 224 g/mol. The number of carbonyl (C=O) groups excluding carboxylic acids is 1. The number of aryl methyl sites for hydroxylation is 1. The SMILES string of the molecule is Cc1ccccc1N1CC(C)(C)NC(=O)C1(C)C. The summed E-state index contributed by atoms with van der Waals surface area (Å²) < 4.78 is 0. The Hall–Kier alpha value is -1.51. The van der Waals surface area contributed by atoms with Crippen molar-refractivity contribution in [1.29, 1.82) is 0 Å². The van der Waals surface area contributed by atoms with Gasteiger partial charge in [-0.05, 0) is 46.2 Å². The fraction of sp³-hybridized carbons (Fsp3) is 0.533. The van der Waals surface area contributed by atoms with Gasteiger partial charge in [-0.15, -0.1) is 0 Å². The molecule has 1 amide bonds. The molecule has 98 valence electrons. The van der Waals surface area contributed by atoms with Gasteiger partial charge in [0.2, 0.25) is 5.91 Å². The topological polar surface area (TPSA) is 32.3 Å². The average Bonchev–Trinajstić information content (AvgIpc) is 2.24. The van der Waals surface area contributed by atoms with Crippen molar-refractivity contribution in [3.63, 3.8) is 0 Å². The van der Waals surface area contributed by atoms with E-state index in [0.717, 1.165) is 12.2 Å². The van der Waals surface area contributed by atoms with Crippen LogP contribution in [0, 0.1) is 6.92 Å². The Morgan fingerprint density at radius 1 is 1.17 bits per heavy atom. The lowest BCUT2D eigenvalue weighted by Gasteiger charge is -2.50. The average molecular weight is 246 g/mol. The molecule has 18 heavy (non-hydrogen) atoms. The van der Waals surface area contributed by atoms with Gasteiger partial charge in [0.1, 0.15) is 5.54 Å². The number of carbonyl (C=O) groups is 1. The Morgan fingerprint density at radius 3 is 2.39 bits per heavy atom. The largest absolute Gasteiger partial charge is 0.355 e. The van der Waals surface area contributed by atoms with Crippen molar-refractivity contribution in [2.75, 3.05) is 11.4 Å². The summed E-state index contributed by atoms with van der Waals surface area (Å²) in [5.41, 5.74) is 1.64. The Morgan fingerprint density at radius 2 is 1.78 bits per heavy atom. The maximum Gasteiger partial charge on any atom is 0.245 e. The molecule has 1 aliphatic rings. The normalized spacial score (nSPS) is 21.6. The smallest absolute Gasteiger partial charge is 0.245 e. The minimum absolute atomic E-state index is 0.0852. The van der Waals surface area contributed by atoms with E-state index in [9.17, 15) is 4.79 Å². The van der Waals surface area contributed by atoms with E-state index >= 15 is 0 Å². The Labute approximate surface area is 109 Å². The van der Waals surface area contributed by atoms with Crippen molar-refractivity contribution in [2.45, 2.75) is 45.7 Å². The van der Waals surface area contributed by atoms with E-state index in [4.69, 9.17) is 0 Å². The van der Waals surface area contributed by atoms with Crippen LogP contribution in [-0.2, 0) is 4.79 Å². The molecule has 1 saturated heterocycles. The first kappa shape index (κ1) is 12.9. The summed E-state index contributed by atoms with van der Waals surface area (Å²) in [7, 11) is 0. The van der Waals surface area contributed by atoms with Crippen LogP contribution >= 0.6 is 0 Å². The van der Waals surface area contributed by atoms with Gasteiger partial charge in [-0.25, -0.2) is 0 Å². The van der Waals surface area contributed by atoms with Gasteiger partial charge in [-0.3, -0.25) is 4.79 Å². The molecule has 0 radical (unpaired) electrons. The molecule has 1 aromatic rings. The van der Waals surface area contributed by atoms with Crippen molar-refractivity contribution in [2.24, 2.45) is 0 Å². The number of hydrogen-bond donors (Lipinski definition) is 1. The molecule has 1 N–H and O–H groups in total. The van der Waals surface area contributed by atoms with Gasteiger partial charge in [0.25, 0.3) is 0 Å². The van der Waals surface area contributed by atoms with Crippen LogP contribution in [0.25, 0.3) is 0 Å². The van der Waals surface area contributed by atoms with E-state index in [-0.39, 0.29) is 11.4 Å². The highest BCUT2D eigenvalue weighted by Gasteiger charge is 2.44. The molecule has 0 atom stereocenters. The molecule has 0 spiro atoms. The minimum atomic E-state index is -0.512. The fourth-order valence-electron chi connectivity index (χ4n) is 2.47. The third kappa shape index (κ3) is 2.09. The standard InChI is InChI=1S/C15H22N2O/c1-11-8-6-7-9-12(11)17-10-14(2,3)16-13(18)15(17,4)5/h6-9H,10H2,1-5H3,(H,16,18). The Balaban J connectivity index is 2.47. The lowest BCUT2D eigenvalue weighted by atomic mass is 9.89. The van der Waals surface area contributed by atoms with Crippen LogP contribution < -0.4 is 10.2 Å². The lowest BCUT2D eigenvalue weighted by molar-refractivity contribution is -0.128. The molecule has 1 fully saturated rings. The highest BCUT2D eigenvalue weighted by atomic mass is 16.2. The van der Waals surface area contributed by atoms with E-state index in [1.165, 1.54) is 5.56 Å². The number of amides is 1. The quantitative estimate of drug-likeness (QED) is 0.825. The number of nitrogens with zero attached hydrogens (tertiary/aromatic N) is 1. The summed E-state index contributed by atoms with van der Waals surface area (Å²) in [6.45, 7) is 11.0. The fourth-order valence-corrected chi connectivity index (χ4v) is 2.47. The molecular formula is C15H22N2O. The summed E-state index contributed by atoms with van der Waals surface area (Å²) >= 11 is 0. The molecule has 0 saturated carbocycles. The number of rotatable bonds is 1. The maximum atomic E-state index is 12.3. The molecule has 0 unspecified atom stereocenters. The van der Waals surface area contributed by atoms with Gasteiger partial charge < -0.3 is 10.2 Å². The van der Waals surface area contributed by atoms with Crippen LogP contribution in [0.3, 0.4) is 0 Å². The van der Waals surface area contributed by atoms with E-state index in [1.54, 1.807) is 0 Å². The highest BCUT2D eigenvalue weighted by Crippen LogP contribution is 2.32. The van der Waals surface area contributed by atoms with Gasteiger partial charge in [-0.1, -0.05) is 18.2 Å². The Kier molecular flexibility index (Phi) is 2.88. The first-order valence-electron chi connectivity index (χ1n) is 6.40. The second-order valence-corrected chi connectivity index (χ2v) is 6.27.